The summed E-state index contributed by atoms with van der Waals surface area (Å²) >= 11 is 0. The van der Waals surface area contributed by atoms with Crippen LogP contribution < -0.4 is 0 Å². The van der Waals surface area contributed by atoms with Crippen molar-refractivity contribution >= 4 is 0 Å². The van der Waals surface area contributed by atoms with Gasteiger partial charge in [-0.05, 0) is 59.9 Å². The lowest BCUT2D eigenvalue weighted by Gasteiger charge is -2.46. The molecule has 3 nitrogen and oxygen atoms in total. The van der Waals surface area contributed by atoms with Crippen molar-refractivity contribution in [1.29, 1.82) is 0 Å². The second-order valence-electron chi connectivity index (χ2n) is 7.77. The molecule has 2 fully saturated rings. The maximum absolute atomic E-state index is 10.7. The first kappa shape index (κ1) is 14.1. The lowest BCUT2D eigenvalue weighted by atomic mass is 9.59. The number of hydrogen-bond acceptors (Lipinski definition) is 3. The minimum atomic E-state index is -0.278. The monoisotopic (exact) mass is 300 g/mol. The number of aliphatic hydroxyl groups is 2. The van der Waals surface area contributed by atoms with E-state index in [0.29, 0.717) is 12.2 Å². The van der Waals surface area contributed by atoms with E-state index < -0.39 is 0 Å². The third kappa shape index (κ3) is 1.72. The molecule has 0 radical (unpaired) electrons. The standard InChI is InChI=1S/C19H24O3/c1-10-7-15-17-14(5-6-19(15,2)18(10)22)13-4-3-12(20)8-11(13)9-16(17)21/h3-4,8,10,14-15,18,20-22H,5-7,9H2,1-2H3/t10-,14?,15?,18+,19+/m1/s1. The van der Waals surface area contributed by atoms with Crippen LogP contribution in [0, 0.1) is 17.3 Å². The van der Waals surface area contributed by atoms with Gasteiger partial charge in [0.2, 0.25) is 0 Å². The number of benzene rings is 1. The summed E-state index contributed by atoms with van der Waals surface area (Å²) in [5, 5.41) is 31.0. The molecule has 1 aromatic rings. The average Bonchev–Trinajstić information content (AvgIpc) is 2.70. The topological polar surface area (TPSA) is 60.7 Å². The van der Waals surface area contributed by atoms with Crippen LogP contribution in [0.5, 0.6) is 5.75 Å². The van der Waals surface area contributed by atoms with E-state index in [-0.39, 0.29) is 35.0 Å². The van der Waals surface area contributed by atoms with Crippen LogP contribution in [0.15, 0.2) is 29.5 Å². The Balaban J connectivity index is 1.81. The van der Waals surface area contributed by atoms with Crippen molar-refractivity contribution in [2.45, 2.75) is 51.6 Å². The molecular weight excluding hydrogens is 276 g/mol. The summed E-state index contributed by atoms with van der Waals surface area (Å²) in [4.78, 5) is 0. The predicted molar refractivity (Wildman–Crippen MR) is 84.8 cm³/mol. The van der Waals surface area contributed by atoms with Crippen molar-refractivity contribution in [1.82, 2.24) is 0 Å². The fourth-order valence-corrected chi connectivity index (χ4v) is 5.38. The molecule has 3 aliphatic carbocycles. The molecule has 1 aromatic carbocycles. The molecule has 0 saturated heterocycles. The second-order valence-corrected chi connectivity index (χ2v) is 7.77. The number of rotatable bonds is 0. The van der Waals surface area contributed by atoms with Gasteiger partial charge < -0.3 is 15.3 Å². The van der Waals surface area contributed by atoms with Gasteiger partial charge in [-0.15, -0.1) is 0 Å². The van der Waals surface area contributed by atoms with Crippen LogP contribution in [0.1, 0.15) is 50.2 Å². The van der Waals surface area contributed by atoms with Gasteiger partial charge in [0, 0.05) is 17.8 Å². The minimum Gasteiger partial charge on any atom is -0.512 e. The van der Waals surface area contributed by atoms with Crippen LogP contribution in [0.2, 0.25) is 0 Å². The summed E-state index contributed by atoms with van der Waals surface area (Å²) in [5.41, 5.74) is 3.35. The van der Waals surface area contributed by atoms with Gasteiger partial charge in [0.1, 0.15) is 5.75 Å². The maximum atomic E-state index is 10.7. The average molecular weight is 300 g/mol. The molecule has 22 heavy (non-hydrogen) atoms. The molecule has 118 valence electrons. The van der Waals surface area contributed by atoms with E-state index in [9.17, 15) is 15.3 Å². The number of phenols is 1. The Morgan fingerprint density at radius 2 is 2.00 bits per heavy atom. The number of fused-ring (bicyclic) bond motifs is 5. The Morgan fingerprint density at radius 3 is 2.77 bits per heavy atom. The highest BCUT2D eigenvalue weighted by Gasteiger charge is 2.55. The van der Waals surface area contributed by atoms with Crippen LogP contribution in [0.25, 0.3) is 0 Å². The highest BCUT2D eigenvalue weighted by molar-refractivity contribution is 5.48. The van der Waals surface area contributed by atoms with E-state index in [1.807, 2.05) is 6.07 Å². The zero-order chi connectivity index (χ0) is 15.6. The largest absolute Gasteiger partial charge is 0.512 e. The van der Waals surface area contributed by atoms with Crippen molar-refractivity contribution in [2.75, 3.05) is 0 Å². The molecule has 0 aromatic heterocycles. The van der Waals surface area contributed by atoms with Crippen LogP contribution >= 0.6 is 0 Å². The quantitative estimate of drug-likeness (QED) is 0.685. The highest BCUT2D eigenvalue weighted by Crippen LogP contribution is 2.61. The summed E-state index contributed by atoms with van der Waals surface area (Å²) in [7, 11) is 0. The highest BCUT2D eigenvalue weighted by atomic mass is 16.3. The molecule has 2 saturated carbocycles. The first-order valence-electron chi connectivity index (χ1n) is 8.33. The van der Waals surface area contributed by atoms with E-state index in [0.717, 1.165) is 30.4 Å². The Kier molecular flexibility index (Phi) is 2.90. The first-order valence-corrected chi connectivity index (χ1v) is 8.33. The molecule has 0 heterocycles. The fourth-order valence-electron chi connectivity index (χ4n) is 5.38. The van der Waals surface area contributed by atoms with E-state index in [2.05, 4.69) is 13.8 Å². The Labute approximate surface area is 131 Å². The number of allylic oxidation sites excluding steroid dienone is 2. The molecule has 0 aliphatic heterocycles. The lowest BCUT2D eigenvalue weighted by molar-refractivity contribution is 0.00789. The number of phenolic OH excluding ortho intramolecular Hbond substituents is 1. The molecule has 3 N–H and O–H groups in total. The second kappa shape index (κ2) is 4.51. The molecule has 5 atom stereocenters. The zero-order valence-electron chi connectivity index (χ0n) is 13.2. The zero-order valence-corrected chi connectivity index (χ0v) is 13.2. The van der Waals surface area contributed by atoms with Crippen molar-refractivity contribution < 1.29 is 15.3 Å². The predicted octanol–water partition coefficient (Wildman–Crippen LogP) is 3.66. The van der Waals surface area contributed by atoms with E-state index in [4.69, 9.17) is 0 Å². The van der Waals surface area contributed by atoms with Gasteiger partial charge in [-0.1, -0.05) is 19.9 Å². The number of aromatic hydroxyl groups is 1. The molecular formula is C19H24O3. The van der Waals surface area contributed by atoms with Crippen molar-refractivity contribution in [3.05, 3.63) is 40.7 Å². The molecule has 0 amide bonds. The van der Waals surface area contributed by atoms with Crippen LogP contribution in [-0.4, -0.2) is 21.4 Å². The Morgan fingerprint density at radius 1 is 1.23 bits per heavy atom. The van der Waals surface area contributed by atoms with Gasteiger partial charge in [0.05, 0.1) is 11.9 Å². The maximum Gasteiger partial charge on any atom is 0.115 e. The summed E-state index contributed by atoms with van der Waals surface area (Å²) in [6, 6.07) is 5.54. The Hall–Kier alpha value is -1.48. The molecule has 0 bridgehead atoms. The van der Waals surface area contributed by atoms with Crippen LogP contribution in [0.4, 0.5) is 0 Å². The third-order valence-corrected chi connectivity index (χ3v) is 6.53. The molecule has 0 spiro atoms. The molecule has 3 aliphatic rings. The van der Waals surface area contributed by atoms with Gasteiger partial charge >= 0.3 is 0 Å². The fraction of sp³-hybridized carbons (Fsp3) is 0.579. The van der Waals surface area contributed by atoms with Crippen LogP contribution in [-0.2, 0) is 6.42 Å². The van der Waals surface area contributed by atoms with E-state index in [1.165, 1.54) is 5.56 Å². The summed E-state index contributed by atoms with van der Waals surface area (Å²) in [6.45, 7) is 4.31. The summed E-state index contributed by atoms with van der Waals surface area (Å²) in [6.07, 6.45) is 3.15. The number of hydrogen-bond donors (Lipinski definition) is 3. The first-order chi connectivity index (χ1) is 10.4. The van der Waals surface area contributed by atoms with Crippen molar-refractivity contribution in [2.24, 2.45) is 17.3 Å². The third-order valence-electron chi connectivity index (χ3n) is 6.53. The van der Waals surface area contributed by atoms with Gasteiger partial charge in [-0.2, -0.15) is 0 Å². The van der Waals surface area contributed by atoms with E-state index >= 15 is 0 Å². The normalized spacial score (nSPS) is 40.1. The Bertz CT molecular complexity index is 663. The molecule has 4 rings (SSSR count). The van der Waals surface area contributed by atoms with Gasteiger partial charge in [0.25, 0.3) is 0 Å². The van der Waals surface area contributed by atoms with E-state index in [1.54, 1.807) is 12.1 Å². The SMILES string of the molecule is C[C@@H]1CC2C3=C(O)Cc4cc(O)ccc4C3CC[C@]2(C)[C@H]1O. The summed E-state index contributed by atoms with van der Waals surface area (Å²) < 4.78 is 0. The lowest BCUT2D eigenvalue weighted by Crippen LogP contribution is -2.40. The van der Waals surface area contributed by atoms with Gasteiger partial charge in [0.15, 0.2) is 0 Å². The molecule has 2 unspecified atom stereocenters. The van der Waals surface area contributed by atoms with Gasteiger partial charge in [-0.3, -0.25) is 0 Å². The minimum absolute atomic E-state index is 0.104. The van der Waals surface area contributed by atoms with Crippen LogP contribution in [0.3, 0.4) is 0 Å². The van der Waals surface area contributed by atoms with Crippen molar-refractivity contribution in [3.63, 3.8) is 0 Å². The summed E-state index contributed by atoms with van der Waals surface area (Å²) in [5.74, 6) is 1.55. The molecule has 3 heteroatoms. The number of aliphatic hydroxyl groups excluding tert-OH is 2. The van der Waals surface area contributed by atoms with Gasteiger partial charge in [-0.25, -0.2) is 0 Å². The smallest absolute Gasteiger partial charge is 0.115 e. The van der Waals surface area contributed by atoms with Crippen molar-refractivity contribution in [3.8, 4) is 5.75 Å².